The molecular weight excluding hydrogens is 286 g/mol. The molecule has 5 heteroatoms. The zero-order valence-corrected chi connectivity index (χ0v) is 13.4. The molecule has 2 aromatic heterocycles. The highest BCUT2D eigenvalue weighted by atomic mass is 15.1. The smallest absolute Gasteiger partial charge is 0.133 e. The highest BCUT2D eigenvalue weighted by molar-refractivity contribution is 5.75. The van der Waals surface area contributed by atoms with E-state index in [9.17, 15) is 0 Å². The maximum absolute atomic E-state index is 4.76. The van der Waals surface area contributed by atoms with Crippen LogP contribution in [0.3, 0.4) is 0 Å². The van der Waals surface area contributed by atoms with Gasteiger partial charge in [0.15, 0.2) is 0 Å². The van der Waals surface area contributed by atoms with Crippen molar-refractivity contribution in [3.8, 4) is 0 Å². The molecule has 0 unspecified atom stereocenters. The number of imidazole rings is 1. The molecule has 0 radical (unpaired) electrons. The largest absolute Gasteiger partial charge is 0.370 e. The lowest BCUT2D eigenvalue weighted by Gasteiger charge is -2.08. The van der Waals surface area contributed by atoms with Gasteiger partial charge in [0.2, 0.25) is 0 Å². The zero-order chi connectivity index (χ0) is 15.6. The van der Waals surface area contributed by atoms with Gasteiger partial charge in [-0.25, -0.2) is 15.0 Å². The molecule has 0 atom stereocenters. The Balaban J connectivity index is 1.46. The van der Waals surface area contributed by atoms with E-state index in [4.69, 9.17) is 4.98 Å². The molecule has 1 aliphatic carbocycles. The summed E-state index contributed by atoms with van der Waals surface area (Å²) in [5, 5.41) is 3.41. The SMILES string of the molecule is CCn1c(CCNc2ccnc(C3CC3)n2)nc2ccccc21. The monoisotopic (exact) mass is 307 g/mol. The van der Waals surface area contributed by atoms with Crippen molar-refractivity contribution in [1.29, 1.82) is 0 Å². The Kier molecular flexibility index (Phi) is 3.69. The van der Waals surface area contributed by atoms with E-state index in [1.54, 1.807) is 0 Å². The highest BCUT2D eigenvalue weighted by Gasteiger charge is 2.26. The second-order valence-corrected chi connectivity index (χ2v) is 6.01. The molecule has 1 saturated carbocycles. The van der Waals surface area contributed by atoms with Crippen LogP contribution < -0.4 is 5.32 Å². The van der Waals surface area contributed by atoms with Crippen molar-refractivity contribution in [2.24, 2.45) is 0 Å². The summed E-state index contributed by atoms with van der Waals surface area (Å²) >= 11 is 0. The third-order valence-electron chi connectivity index (χ3n) is 4.32. The Morgan fingerprint density at radius 1 is 1.17 bits per heavy atom. The van der Waals surface area contributed by atoms with Crippen LogP contribution in [0.1, 0.15) is 37.3 Å². The van der Waals surface area contributed by atoms with Crippen molar-refractivity contribution in [3.05, 3.63) is 48.2 Å². The van der Waals surface area contributed by atoms with Gasteiger partial charge in [-0.15, -0.1) is 0 Å². The van der Waals surface area contributed by atoms with Crippen molar-refractivity contribution in [2.45, 2.75) is 38.6 Å². The highest BCUT2D eigenvalue weighted by Crippen LogP contribution is 2.37. The first-order valence-corrected chi connectivity index (χ1v) is 8.36. The summed E-state index contributed by atoms with van der Waals surface area (Å²) in [6, 6.07) is 10.3. The maximum atomic E-state index is 4.76. The quantitative estimate of drug-likeness (QED) is 0.758. The van der Waals surface area contributed by atoms with E-state index >= 15 is 0 Å². The molecule has 4 rings (SSSR count). The van der Waals surface area contributed by atoms with Gasteiger partial charge in [0.05, 0.1) is 11.0 Å². The minimum Gasteiger partial charge on any atom is -0.370 e. The lowest BCUT2D eigenvalue weighted by Crippen LogP contribution is -2.11. The first-order chi connectivity index (χ1) is 11.3. The van der Waals surface area contributed by atoms with Crippen LogP contribution in [0.4, 0.5) is 5.82 Å². The molecule has 1 fully saturated rings. The van der Waals surface area contributed by atoms with E-state index in [1.807, 2.05) is 18.3 Å². The number of fused-ring (bicyclic) bond motifs is 1. The van der Waals surface area contributed by atoms with Crippen LogP contribution in [0, 0.1) is 0 Å². The maximum Gasteiger partial charge on any atom is 0.133 e. The summed E-state index contributed by atoms with van der Waals surface area (Å²) in [6.45, 7) is 3.93. The van der Waals surface area contributed by atoms with Crippen LogP contribution >= 0.6 is 0 Å². The predicted octanol–water partition coefficient (Wildman–Crippen LogP) is 3.38. The van der Waals surface area contributed by atoms with Gasteiger partial charge in [-0.3, -0.25) is 0 Å². The van der Waals surface area contributed by atoms with Gasteiger partial charge in [0.1, 0.15) is 17.5 Å². The molecule has 118 valence electrons. The van der Waals surface area contributed by atoms with Crippen LogP contribution in [0.2, 0.25) is 0 Å². The van der Waals surface area contributed by atoms with Crippen LogP contribution in [-0.2, 0) is 13.0 Å². The van der Waals surface area contributed by atoms with Gasteiger partial charge in [0.25, 0.3) is 0 Å². The number of rotatable bonds is 6. The van der Waals surface area contributed by atoms with E-state index in [0.29, 0.717) is 5.92 Å². The number of anilines is 1. The van der Waals surface area contributed by atoms with Crippen molar-refractivity contribution >= 4 is 16.9 Å². The van der Waals surface area contributed by atoms with Crippen LogP contribution in [0.15, 0.2) is 36.5 Å². The standard InChI is InChI=1S/C18H21N5/c1-2-23-15-6-4-3-5-14(15)21-17(23)10-12-19-16-9-11-20-18(22-16)13-7-8-13/h3-6,9,11,13H,2,7-8,10,12H2,1H3,(H,19,20,22). The Labute approximate surface area is 135 Å². The third kappa shape index (κ3) is 2.91. The molecule has 1 aromatic carbocycles. The minimum atomic E-state index is 0.584. The van der Waals surface area contributed by atoms with E-state index in [2.05, 4.69) is 45.0 Å². The molecule has 0 amide bonds. The molecule has 0 bridgehead atoms. The Morgan fingerprint density at radius 2 is 2.04 bits per heavy atom. The second kappa shape index (κ2) is 5.99. The molecule has 0 saturated heterocycles. The fraction of sp³-hybridized carbons (Fsp3) is 0.389. The van der Waals surface area contributed by atoms with Crippen LogP contribution in [0.25, 0.3) is 11.0 Å². The normalized spacial score (nSPS) is 14.3. The number of aromatic nitrogens is 4. The average molecular weight is 307 g/mol. The van der Waals surface area contributed by atoms with Crippen molar-refractivity contribution in [2.75, 3.05) is 11.9 Å². The van der Waals surface area contributed by atoms with E-state index in [1.165, 1.54) is 18.4 Å². The zero-order valence-electron chi connectivity index (χ0n) is 13.4. The predicted molar refractivity (Wildman–Crippen MR) is 91.6 cm³/mol. The lowest BCUT2D eigenvalue weighted by molar-refractivity contribution is 0.716. The van der Waals surface area contributed by atoms with E-state index in [0.717, 1.165) is 42.5 Å². The first kappa shape index (κ1) is 14.2. The third-order valence-corrected chi connectivity index (χ3v) is 4.32. The Hall–Kier alpha value is -2.43. The van der Waals surface area contributed by atoms with Crippen molar-refractivity contribution in [3.63, 3.8) is 0 Å². The van der Waals surface area contributed by atoms with E-state index < -0.39 is 0 Å². The number of para-hydroxylation sites is 2. The van der Waals surface area contributed by atoms with Gasteiger partial charge >= 0.3 is 0 Å². The fourth-order valence-electron chi connectivity index (χ4n) is 2.98. The number of hydrogen-bond donors (Lipinski definition) is 1. The number of aryl methyl sites for hydroxylation is 1. The van der Waals surface area contributed by atoms with Crippen molar-refractivity contribution in [1.82, 2.24) is 19.5 Å². The van der Waals surface area contributed by atoms with Gasteiger partial charge in [0, 0.05) is 31.6 Å². The minimum absolute atomic E-state index is 0.584. The summed E-state index contributed by atoms with van der Waals surface area (Å²) in [5.74, 6) is 3.61. The van der Waals surface area contributed by atoms with Crippen molar-refractivity contribution < 1.29 is 0 Å². The fourth-order valence-corrected chi connectivity index (χ4v) is 2.98. The lowest BCUT2D eigenvalue weighted by atomic mass is 10.3. The van der Waals surface area contributed by atoms with Crippen LogP contribution in [0.5, 0.6) is 0 Å². The summed E-state index contributed by atoms with van der Waals surface area (Å²) in [6.07, 6.45) is 5.18. The average Bonchev–Trinajstić information content (AvgIpc) is 3.37. The molecule has 0 spiro atoms. The molecule has 3 aromatic rings. The summed E-state index contributed by atoms with van der Waals surface area (Å²) in [5.41, 5.74) is 2.28. The Bertz CT molecular complexity index is 819. The first-order valence-electron chi connectivity index (χ1n) is 8.36. The van der Waals surface area contributed by atoms with Gasteiger partial charge < -0.3 is 9.88 Å². The van der Waals surface area contributed by atoms with Gasteiger partial charge in [-0.05, 0) is 38.0 Å². The summed E-state index contributed by atoms with van der Waals surface area (Å²) < 4.78 is 2.28. The van der Waals surface area contributed by atoms with Crippen LogP contribution in [-0.4, -0.2) is 26.1 Å². The van der Waals surface area contributed by atoms with Gasteiger partial charge in [-0.2, -0.15) is 0 Å². The van der Waals surface area contributed by atoms with E-state index in [-0.39, 0.29) is 0 Å². The molecule has 2 heterocycles. The van der Waals surface area contributed by atoms with Gasteiger partial charge in [-0.1, -0.05) is 12.1 Å². The summed E-state index contributed by atoms with van der Waals surface area (Å²) in [4.78, 5) is 13.7. The number of nitrogens with one attached hydrogen (secondary N) is 1. The summed E-state index contributed by atoms with van der Waals surface area (Å²) in [7, 11) is 0. The molecule has 23 heavy (non-hydrogen) atoms. The second-order valence-electron chi connectivity index (χ2n) is 6.01. The molecule has 1 N–H and O–H groups in total. The molecule has 1 aliphatic rings. The number of nitrogens with zero attached hydrogens (tertiary/aromatic N) is 4. The Morgan fingerprint density at radius 3 is 2.87 bits per heavy atom. The topological polar surface area (TPSA) is 55.6 Å². The molecular formula is C18H21N5. The number of hydrogen-bond acceptors (Lipinski definition) is 4. The number of benzene rings is 1. The molecule has 5 nitrogen and oxygen atoms in total. The molecule has 0 aliphatic heterocycles.